The van der Waals surface area contributed by atoms with Gasteiger partial charge in [-0.2, -0.15) is 5.10 Å². The summed E-state index contributed by atoms with van der Waals surface area (Å²) in [4.78, 5) is 4.26. The minimum Gasteiger partial charge on any atom is -0.266 e. The van der Waals surface area contributed by atoms with E-state index < -0.39 is 10.0 Å². The average molecular weight is 272 g/mol. The highest BCUT2D eigenvalue weighted by atomic mass is 32.2. The number of nitrogens with one attached hydrogen (secondary N) is 2. The highest BCUT2D eigenvalue weighted by molar-refractivity contribution is 7.89. The molecule has 92 valence electrons. The first-order valence-electron chi connectivity index (χ1n) is 4.98. The fraction of sp³-hybridized carbons (Fsp3) is 0.333. The molecule has 0 aromatic carbocycles. The van der Waals surface area contributed by atoms with E-state index in [4.69, 9.17) is 0 Å². The van der Waals surface area contributed by atoms with Crippen molar-refractivity contribution in [1.82, 2.24) is 19.9 Å². The van der Waals surface area contributed by atoms with E-state index in [1.807, 2.05) is 12.3 Å². The molecule has 0 radical (unpaired) electrons. The molecule has 0 spiro atoms. The van der Waals surface area contributed by atoms with E-state index in [-0.39, 0.29) is 5.03 Å². The molecule has 2 heterocycles. The molecule has 2 N–H and O–H groups in total. The van der Waals surface area contributed by atoms with E-state index in [0.717, 1.165) is 10.7 Å². The van der Waals surface area contributed by atoms with Crippen molar-refractivity contribution in [3.8, 4) is 0 Å². The molecule has 0 saturated carbocycles. The van der Waals surface area contributed by atoms with E-state index in [9.17, 15) is 8.42 Å². The van der Waals surface area contributed by atoms with E-state index in [1.165, 1.54) is 12.3 Å². The molecule has 0 aliphatic rings. The van der Waals surface area contributed by atoms with Gasteiger partial charge in [-0.3, -0.25) is 5.10 Å². The topological polar surface area (TPSA) is 87.7 Å². The van der Waals surface area contributed by atoms with Gasteiger partial charge in [0.1, 0.15) is 0 Å². The number of aryl methyl sites for hydroxylation is 1. The smallest absolute Gasteiger partial charge is 0.257 e. The van der Waals surface area contributed by atoms with E-state index in [0.29, 0.717) is 13.0 Å². The number of aromatic amines is 1. The number of aromatic nitrogens is 3. The molecule has 0 atom stereocenters. The summed E-state index contributed by atoms with van der Waals surface area (Å²) >= 11 is 1.56. The molecule has 2 aromatic heterocycles. The van der Waals surface area contributed by atoms with E-state index >= 15 is 0 Å². The predicted molar refractivity (Wildman–Crippen MR) is 64.3 cm³/mol. The van der Waals surface area contributed by atoms with Crippen LogP contribution in [0.4, 0.5) is 0 Å². The first-order chi connectivity index (χ1) is 8.08. The van der Waals surface area contributed by atoms with Gasteiger partial charge in [-0.1, -0.05) is 0 Å². The molecule has 0 bridgehead atoms. The molecule has 0 saturated heterocycles. The Morgan fingerprint density at radius 2 is 2.35 bits per heavy atom. The second-order valence-electron chi connectivity index (χ2n) is 3.43. The van der Waals surface area contributed by atoms with Gasteiger partial charge >= 0.3 is 0 Å². The summed E-state index contributed by atoms with van der Waals surface area (Å²) in [5, 5.41) is 9.01. The van der Waals surface area contributed by atoms with Crippen LogP contribution >= 0.6 is 11.3 Å². The van der Waals surface area contributed by atoms with E-state index in [1.54, 1.807) is 11.3 Å². The number of hydrogen-bond donors (Lipinski definition) is 2. The lowest BCUT2D eigenvalue weighted by Crippen LogP contribution is -2.26. The molecule has 0 aliphatic heterocycles. The lowest BCUT2D eigenvalue weighted by molar-refractivity contribution is 0.577. The fourth-order valence-electron chi connectivity index (χ4n) is 1.31. The van der Waals surface area contributed by atoms with E-state index in [2.05, 4.69) is 19.9 Å². The third kappa shape index (κ3) is 3.11. The van der Waals surface area contributed by atoms with Gasteiger partial charge in [-0.25, -0.2) is 18.1 Å². The van der Waals surface area contributed by atoms with Gasteiger partial charge in [0.05, 0.1) is 16.9 Å². The lowest BCUT2D eigenvalue weighted by Gasteiger charge is -2.02. The summed E-state index contributed by atoms with van der Waals surface area (Å²) in [6.45, 7) is 2.24. The summed E-state index contributed by atoms with van der Waals surface area (Å²) in [5.74, 6) is 0. The molecular formula is C9H12N4O2S2. The zero-order chi connectivity index (χ0) is 12.3. The summed E-state index contributed by atoms with van der Waals surface area (Å²) in [6, 6.07) is 1.41. The van der Waals surface area contributed by atoms with Crippen LogP contribution in [0.5, 0.6) is 0 Å². The number of rotatable bonds is 5. The summed E-state index contributed by atoms with van der Waals surface area (Å²) in [7, 11) is -3.47. The summed E-state index contributed by atoms with van der Waals surface area (Å²) in [6.07, 6.45) is 1.98. The minimum atomic E-state index is -3.47. The Hall–Kier alpha value is -1.25. The van der Waals surface area contributed by atoms with Crippen molar-refractivity contribution in [2.45, 2.75) is 18.4 Å². The number of nitrogens with zero attached hydrogens (tertiary/aromatic N) is 2. The fourth-order valence-corrected chi connectivity index (χ4v) is 2.89. The molecule has 2 aromatic rings. The maximum Gasteiger partial charge on any atom is 0.257 e. The molecule has 0 fully saturated rings. The Morgan fingerprint density at radius 1 is 1.53 bits per heavy atom. The molecule has 0 amide bonds. The monoisotopic (exact) mass is 272 g/mol. The van der Waals surface area contributed by atoms with Gasteiger partial charge in [-0.05, 0) is 13.0 Å². The lowest BCUT2D eigenvalue weighted by atomic mass is 10.3. The minimum absolute atomic E-state index is 0.0759. The highest BCUT2D eigenvalue weighted by Crippen LogP contribution is 2.08. The highest BCUT2D eigenvalue weighted by Gasteiger charge is 2.14. The molecule has 2 rings (SSSR count). The van der Waals surface area contributed by atoms with Crippen LogP contribution in [-0.4, -0.2) is 30.1 Å². The SMILES string of the molecule is Cc1nc(CCNS(=O)(=O)c2ccn[nH]2)cs1. The van der Waals surface area contributed by atoms with Gasteiger partial charge in [0.15, 0.2) is 5.03 Å². The van der Waals surface area contributed by atoms with Crippen molar-refractivity contribution in [1.29, 1.82) is 0 Å². The third-order valence-electron chi connectivity index (χ3n) is 2.10. The zero-order valence-corrected chi connectivity index (χ0v) is 10.8. The van der Waals surface area contributed by atoms with Crippen LogP contribution in [0.15, 0.2) is 22.7 Å². The maximum atomic E-state index is 11.7. The summed E-state index contributed by atoms with van der Waals surface area (Å²) < 4.78 is 25.9. The number of H-pyrrole nitrogens is 1. The third-order valence-corrected chi connectivity index (χ3v) is 4.32. The molecule has 0 unspecified atom stereocenters. The Balaban J connectivity index is 1.91. The van der Waals surface area contributed by atoms with Crippen LogP contribution in [0.25, 0.3) is 0 Å². The zero-order valence-electron chi connectivity index (χ0n) is 9.17. The predicted octanol–water partition coefficient (Wildman–Crippen LogP) is 0.696. The van der Waals surface area contributed by atoms with Crippen molar-refractivity contribution < 1.29 is 8.42 Å². The van der Waals surface area contributed by atoms with Crippen LogP contribution < -0.4 is 4.72 Å². The molecule has 6 nitrogen and oxygen atoms in total. The number of hydrogen-bond acceptors (Lipinski definition) is 5. The van der Waals surface area contributed by atoms with Crippen molar-refractivity contribution in [2.75, 3.05) is 6.54 Å². The van der Waals surface area contributed by atoms with Gasteiger partial charge < -0.3 is 0 Å². The Kier molecular flexibility index (Phi) is 3.55. The maximum absolute atomic E-state index is 11.7. The first-order valence-corrected chi connectivity index (χ1v) is 7.34. The largest absolute Gasteiger partial charge is 0.266 e. The Morgan fingerprint density at radius 3 is 2.94 bits per heavy atom. The number of sulfonamides is 1. The van der Waals surface area contributed by atoms with Crippen molar-refractivity contribution in [3.63, 3.8) is 0 Å². The average Bonchev–Trinajstić information content (AvgIpc) is 2.89. The second-order valence-corrected chi connectivity index (χ2v) is 6.22. The molecule has 0 aliphatic carbocycles. The van der Waals surface area contributed by atoms with Crippen LogP contribution in [0.3, 0.4) is 0 Å². The van der Waals surface area contributed by atoms with Crippen LogP contribution in [0, 0.1) is 6.92 Å². The molecule has 8 heteroatoms. The van der Waals surface area contributed by atoms with Crippen LogP contribution in [0.2, 0.25) is 0 Å². The van der Waals surface area contributed by atoms with Gasteiger partial charge in [0, 0.05) is 18.3 Å². The van der Waals surface area contributed by atoms with Gasteiger partial charge in [0.25, 0.3) is 10.0 Å². The van der Waals surface area contributed by atoms with Crippen molar-refractivity contribution in [2.24, 2.45) is 0 Å². The second kappa shape index (κ2) is 4.94. The van der Waals surface area contributed by atoms with Gasteiger partial charge in [0.2, 0.25) is 0 Å². The normalized spacial score (nSPS) is 11.8. The van der Waals surface area contributed by atoms with Crippen LogP contribution in [0.1, 0.15) is 10.7 Å². The van der Waals surface area contributed by atoms with Crippen molar-refractivity contribution in [3.05, 3.63) is 28.3 Å². The quantitative estimate of drug-likeness (QED) is 0.838. The van der Waals surface area contributed by atoms with Crippen molar-refractivity contribution >= 4 is 21.4 Å². The van der Waals surface area contributed by atoms with Crippen LogP contribution in [-0.2, 0) is 16.4 Å². The Labute approximate surface area is 103 Å². The molecular weight excluding hydrogens is 260 g/mol. The molecule has 17 heavy (non-hydrogen) atoms. The Bertz CT molecular complexity index is 574. The van der Waals surface area contributed by atoms with Gasteiger partial charge in [-0.15, -0.1) is 11.3 Å². The number of thiazole rings is 1. The summed E-state index contributed by atoms with van der Waals surface area (Å²) in [5.41, 5.74) is 0.903. The first kappa shape index (κ1) is 12.2. The standard InChI is InChI=1S/C9H12N4O2S2/c1-7-12-8(6-16-7)2-5-11-17(14,15)9-3-4-10-13-9/h3-4,6,11H,2,5H2,1H3,(H,10,13).